The van der Waals surface area contributed by atoms with Crippen LogP contribution in [-0.2, 0) is 19.7 Å². The molecule has 1 saturated heterocycles. The van der Waals surface area contributed by atoms with E-state index >= 15 is 0 Å². The molecule has 3 heterocycles. The van der Waals surface area contributed by atoms with Crippen molar-refractivity contribution in [1.82, 2.24) is 20.1 Å². The SMILES string of the molecule is CCC1(C)CN(C(=O)NCCCN2CCOCC2)C=C(C(=O)OC(C)C)c2[nH]c3ccccc3c21. The van der Waals surface area contributed by atoms with Crippen LogP contribution in [0.15, 0.2) is 30.5 Å². The number of nitrogens with one attached hydrogen (secondary N) is 2. The van der Waals surface area contributed by atoms with Gasteiger partial charge in [-0.05, 0) is 44.9 Å². The predicted octanol–water partition coefficient (Wildman–Crippen LogP) is 3.88. The maximum atomic E-state index is 13.3. The lowest BCUT2D eigenvalue weighted by Gasteiger charge is -2.32. The Bertz CT molecular complexity index is 1090. The molecule has 35 heavy (non-hydrogen) atoms. The fraction of sp³-hybridized carbons (Fsp3) is 0.556. The number of amides is 2. The van der Waals surface area contributed by atoms with Gasteiger partial charge in [0.2, 0.25) is 0 Å². The summed E-state index contributed by atoms with van der Waals surface area (Å²) in [7, 11) is 0. The van der Waals surface area contributed by atoms with Crippen LogP contribution >= 0.6 is 0 Å². The zero-order chi connectivity index (χ0) is 25.0. The summed E-state index contributed by atoms with van der Waals surface area (Å²) >= 11 is 0. The third-order valence-electron chi connectivity index (χ3n) is 7.02. The van der Waals surface area contributed by atoms with Crippen molar-refractivity contribution < 1.29 is 19.1 Å². The van der Waals surface area contributed by atoms with Crippen LogP contribution in [0.25, 0.3) is 16.5 Å². The molecule has 4 rings (SSSR count). The Morgan fingerprint density at radius 3 is 2.69 bits per heavy atom. The van der Waals surface area contributed by atoms with Gasteiger partial charge in [0.1, 0.15) is 0 Å². The fourth-order valence-corrected chi connectivity index (χ4v) is 4.97. The zero-order valence-corrected chi connectivity index (χ0v) is 21.4. The van der Waals surface area contributed by atoms with Crippen molar-refractivity contribution in [2.24, 2.45) is 0 Å². The third kappa shape index (κ3) is 5.54. The number of aromatic nitrogens is 1. The van der Waals surface area contributed by atoms with E-state index in [2.05, 4.69) is 35.1 Å². The lowest BCUT2D eigenvalue weighted by molar-refractivity contribution is -0.140. The lowest BCUT2D eigenvalue weighted by Crippen LogP contribution is -2.44. The summed E-state index contributed by atoms with van der Waals surface area (Å²) in [6, 6.07) is 7.88. The van der Waals surface area contributed by atoms with E-state index in [0.717, 1.165) is 67.8 Å². The van der Waals surface area contributed by atoms with Crippen molar-refractivity contribution >= 4 is 28.5 Å². The van der Waals surface area contributed by atoms with Crippen molar-refractivity contribution in [3.05, 3.63) is 41.7 Å². The Morgan fingerprint density at radius 2 is 1.97 bits per heavy atom. The number of morpholine rings is 1. The number of carbonyl (C=O) groups excluding carboxylic acids is 2. The first kappa shape index (κ1) is 25.3. The first-order valence-corrected chi connectivity index (χ1v) is 12.7. The highest BCUT2D eigenvalue weighted by molar-refractivity contribution is 6.18. The second-order valence-corrected chi connectivity index (χ2v) is 10.00. The fourth-order valence-electron chi connectivity index (χ4n) is 4.97. The molecule has 8 nitrogen and oxygen atoms in total. The smallest absolute Gasteiger partial charge is 0.342 e. The second-order valence-electron chi connectivity index (χ2n) is 10.00. The van der Waals surface area contributed by atoms with Crippen molar-refractivity contribution in [1.29, 1.82) is 0 Å². The van der Waals surface area contributed by atoms with Gasteiger partial charge in [0.25, 0.3) is 0 Å². The number of ether oxygens (including phenoxy) is 2. The first-order valence-electron chi connectivity index (χ1n) is 12.7. The molecule has 1 aromatic heterocycles. The molecular weight excluding hydrogens is 444 g/mol. The molecule has 0 aliphatic carbocycles. The van der Waals surface area contributed by atoms with Crippen molar-refractivity contribution in [2.75, 3.05) is 45.9 Å². The molecule has 8 heteroatoms. The van der Waals surface area contributed by atoms with Gasteiger partial charge in [-0.25, -0.2) is 9.59 Å². The number of hydrogen-bond donors (Lipinski definition) is 2. The van der Waals surface area contributed by atoms with Gasteiger partial charge in [-0.3, -0.25) is 9.80 Å². The van der Waals surface area contributed by atoms with Gasteiger partial charge in [-0.1, -0.05) is 32.0 Å². The summed E-state index contributed by atoms with van der Waals surface area (Å²) in [5.41, 5.74) is 2.80. The predicted molar refractivity (Wildman–Crippen MR) is 137 cm³/mol. The van der Waals surface area contributed by atoms with Crippen LogP contribution in [0.4, 0.5) is 4.79 Å². The van der Waals surface area contributed by atoms with Crippen LogP contribution in [0, 0.1) is 0 Å². The van der Waals surface area contributed by atoms with Gasteiger partial charge < -0.3 is 19.8 Å². The molecule has 2 N–H and O–H groups in total. The van der Waals surface area contributed by atoms with Gasteiger partial charge in [0.05, 0.1) is 30.6 Å². The van der Waals surface area contributed by atoms with Crippen molar-refractivity contribution in [3.8, 4) is 0 Å². The van der Waals surface area contributed by atoms with Crippen LogP contribution < -0.4 is 5.32 Å². The minimum atomic E-state index is -0.432. The number of esters is 1. The number of urea groups is 1. The van der Waals surface area contributed by atoms with Gasteiger partial charge in [-0.15, -0.1) is 0 Å². The van der Waals surface area contributed by atoms with Gasteiger partial charge in [-0.2, -0.15) is 0 Å². The minimum absolute atomic E-state index is 0.198. The maximum absolute atomic E-state index is 13.3. The van der Waals surface area contributed by atoms with Crippen LogP contribution in [-0.4, -0.2) is 78.8 Å². The zero-order valence-electron chi connectivity index (χ0n) is 21.4. The molecule has 0 spiro atoms. The molecule has 2 amide bonds. The first-order chi connectivity index (χ1) is 16.8. The minimum Gasteiger partial charge on any atom is -0.459 e. The number of nitrogens with zero attached hydrogens (tertiary/aromatic N) is 2. The van der Waals surface area contributed by atoms with Crippen molar-refractivity contribution in [3.63, 3.8) is 0 Å². The Kier molecular flexibility index (Phi) is 7.82. The van der Waals surface area contributed by atoms with E-state index in [1.54, 1.807) is 11.1 Å². The molecule has 0 radical (unpaired) electrons. The number of H-pyrrole nitrogens is 1. The molecule has 2 aliphatic rings. The number of hydrogen-bond acceptors (Lipinski definition) is 5. The van der Waals surface area contributed by atoms with Gasteiger partial charge in [0, 0.05) is 48.7 Å². The average molecular weight is 483 g/mol. The van der Waals surface area contributed by atoms with E-state index in [1.807, 2.05) is 32.0 Å². The lowest BCUT2D eigenvalue weighted by atomic mass is 9.77. The number of aromatic amines is 1. The maximum Gasteiger partial charge on any atom is 0.342 e. The Hall–Kier alpha value is -2.84. The second kappa shape index (κ2) is 10.8. The molecule has 2 aromatic rings. The van der Waals surface area contributed by atoms with E-state index in [4.69, 9.17) is 9.47 Å². The number of fused-ring (bicyclic) bond motifs is 3. The summed E-state index contributed by atoms with van der Waals surface area (Å²) in [6.07, 6.45) is 3.07. The largest absolute Gasteiger partial charge is 0.459 e. The van der Waals surface area contributed by atoms with E-state index in [-0.39, 0.29) is 17.6 Å². The Balaban J connectivity index is 1.60. The van der Waals surface area contributed by atoms with Crippen LogP contribution in [0.1, 0.15) is 51.8 Å². The Labute approximate surface area is 207 Å². The quantitative estimate of drug-likeness (QED) is 0.462. The van der Waals surface area contributed by atoms with Gasteiger partial charge >= 0.3 is 12.0 Å². The summed E-state index contributed by atoms with van der Waals surface area (Å²) < 4.78 is 11.0. The molecule has 1 fully saturated rings. The van der Waals surface area contributed by atoms with Crippen molar-refractivity contribution in [2.45, 2.75) is 52.1 Å². The number of rotatable bonds is 7. The number of carbonyl (C=O) groups is 2. The molecule has 190 valence electrons. The summed E-state index contributed by atoms with van der Waals surface area (Å²) in [5, 5.41) is 4.13. The van der Waals surface area contributed by atoms with Crippen LogP contribution in [0.3, 0.4) is 0 Å². The summed E-state index contributed by atoms with van der Waals surface area (Å²) in [5.74, 6) is -0.432. The monoisotopic (exact) mass is 482 g/mol. The number of benzene rings is 1. The highest BCUT2D eigenvalue weighted by atomic mass is 16.5. The highest BCUT2D eigenvalue weighted by Gasteiger charge is 2.39. The van der Waals surface area contributed by atoms with E-state index in [0.29, 0.717) is 18.7 Å². The van der Waals surface area contributed by atoms with Crippen LogP contribution in [0.2, 0.25) is 0 Å². The van der Waals surface area contributed by atoms with Crippen LogP contribution in [0.5, 0.6) is 0 Å². The third-order valence-corrected chi connectivity index (χ3v) is 7.02. The molecule has 1 aromatic carbocycles. The highest BCUT2D eigenvalue weighted by Crippen LogP contribution is 2.42. The normalized spacial score (nSPS) is 20.9. The molecule has 1 atom stereocenters. The molecule has 0 saturated carbocycles. The standard InChI is InChI=1S/C27H38N4O4/c1-5-27(4)18-31(26(33)28-11-8-12-30-13-15-34-16-14-30)17-21(25(32)35-19(2)3)24-23(27)20-9-6-7-10-22(20)29-24/h6-7,9-10,17,19,29H,5,8,11-16,18H2,1-4H3,(H,28,33). The summed E-state index contributed by atoms with van der Waals surface area (Å²) in [4.78, 5) is 34.0. The van der Waals surface area contributed by atoms with E-state index in [9.17, 15) is 9.59 Å². The average Bonchev–Trinajstić information content (AvgIpc) is 3.18. The van der Waals surface area contributed by atoms with E-state index in [1.165, 1.54) is 0 Å². The van der Waals surface area contributed by atoms with E-state index < -0.39 is 5.97 Å². The molecule has 1 unspecified atom stereocenters. The molecule has 0 bridgehead atoms. The Morgan fingerprint density at radius 1 is 1.23 bits per heavy atom. The number of para-hydroxylation sites is 1. The molecular formula is C27H38N4O4. The topological polar surface area (TPSA) is 86.9 Å². The van der Waals surface area contributed by atoms with Gasteiger partial charge in [0.15, 0.2) is 0 Å². The summed E-state index contributed by atoms with van der Waals surface area (Å²) in [6.45, 7) is 13.3. The molecule has 2 aliphatic heterocycles.